The number of nitrogens with one attached hydrogen (secondary N) is 2. The first kappa shape index (κ1) is 19.2. The van der Waals surface area contributed by atoms with Crippen LogP contribution in [0.1, 0.15) is 5.56 Å². The van der Waals surface area contributed by atoms with E-state index >= 15 is 0 Å². The number of amides is 2. The summed E-state index contributed by atoms with van der Waals surface area (Å²) in [6, 6.07) is 18.5. The molecule has 0 atom stereocenters. The van der Waals surface area contributed by atoms with E-state index in [0.717, 1.165) is 28.3 Å². The topological polar surface area (TPSA) is 85.4 Å². The minimum atomic E-state index is -0.284. The second-order valence-corrected chi connectivity index (χ2v) is 6.08. The molecule has 2 N–H and O–H groups in total. The van der Waals surface area contributed by atoms with E-state index in [0.29, 0.717) is 12.4 Å². The molecule has 0 aliphatic rings. The molecule has 0 fully saturated rings. The zero-order chi connectivity index (χ0) is 19.8. The van der Waals surface area contributed by atoms with Gasteiger partial charge in [-0.3, -0.25) is 0 Å². The van der Waals surface area contributed by atoms with E-state index < -0.39 is 0 Å². The average molecular weight is 378 g/mol. The van der Waals surface area contributed by atoms with Crippen LogP contribution in [0.15, 0.2) is 60.7 Å². The number of ether oxygens (including phenoxy) is 2. The van der Waals surface area contributed by atoms with Crippen LogP contribution in [0.5, 0.6) is 11.6 Å². The molecule has 0 bridgehead atoms. The lowest BCUT2D eigenvalue weighted by atomic mass is 10.1. The van der Waals surface area contributed by atoms with E-state index in [1.165, 1.54) is 0 Å². The van der Waals surface area contributed by atoms with Gasteiger partial charge in [0.2, 0.25) is 5.88 Å². The number of hydrogen-bond acceptors (Lipinski definition) is 5. The lowest BCUT2D eigenvalue weighted by Crippen LogP contribution is -2.32. The van der Waals surface area contributed by atoms with Crippen LogP contribution in [0.2, 0.25) is 0 Å². The monoisotopic (exact) mass is 378 g/mol. The van der Waals surface area contributed by atoms with Crippen molar-refractivity contribution in [1.82, 2.24) is 15.5 Å². The van der Waals surface area contributed by atoms with Gasteiger partial charge in [-0.25, -0.2) is 4.79 Å². The van der Waals surface area contributed by atoms with Crippen LogP contribution in [-0.4, -0.2) is 36.5 Å². The van der Waals surface area contributed by atoms with E-state index in [9.17, 15) is 4.79 Å². The van der Waals surface area contributed by atoms with Gasteiger partial charge in [-0.2, -0.15) is 0 Å². The van der Waals surface area contributed by atoms with Gasteiger partial charge in [-0.05, 0) is 49.4 Å². The highest BCUT2D eigenvalue weighted by Crippen LogP contribution is 2.20. The van der Waals surface area contributed by atoms with Gasteiger partial charge >= 0.3 is 6.03 Å². The molecule has 0 aliphatic carbocycles. The molecule has 1 aromatic heterocycles. The number of nitrogens with zero attached hydrogens (tertiary/aromatic N) is 2. The Morgan fingerprint density at radius 1 is 0.964 bits per heavy atom. The van der Waals surface area contributed by atoms with Gasteiger partial charge in [0.25, 0.3) is 0 Å². The van der Waals surface area contributed by atoms with Crippen LogP contribution in [0.25, 0.3) is 11.3 Å². The Labute approximate surface area is 163 Å². The summed E-state index contributed by atoms with van der Waals surface area (Å²) in [5, 5.41) is 13.7. The van der Waals surface area contributed by atoms with Gasteiger partial charge in [0.15, 0.2) is 0 Å². The summed E-state index contributed by atoms with van der Waals surface area (Å²) in [7, 11) is 1.63. The van der Waals surface area contributed by atoms with Crippen molar-refractivity contribution in [3.05, 3.63) is 66.2 Å². The summed E-state index contributed by atoms with van der Waals surface area (Å²) in [5.41, 5.74) is 3.56. The van der Waals surface area contributed by atoms with Gasteiger partial charge in [-0.1, -0.05) is 17.7 Å². The first-order valence-corrected chi connectivity index (χ1v) is 8.86. The third-order valence-corrected chi connectivity index (χ3v) is 3.97. The summed E-state index contributed by atoms with van der Waals surface area (Å²) in [6.07, 6.45) is 0. The normalized spacial score (nSPS) is 10.2. The summed E-state index contributed by atoms with van der Waals surface area (Å²) >= 11 is 0. The third-order valence-electron chi connectivity index (χ3n) is 3.97. The molecule has 0 saturated carbocycles. The van der Waals surface area contributed by atoms with Crippen LogP contribution >= 0.6 is 0 Å². The fourth-order valence-electron chi connectivity index (χ4n) is 2.45. The molecule has 0 spiro atoms. The molecule has 2 amide bonds. The number of rotatable bonds is 7. The molecular weight excluding hydrogens is 356 g/mol. The van der Waals surface area contributed by atoms with Crippen LogP contribution in [0.4, 0.5) is 10.5 Å². The summed E-state index contributed by atoms with van der Waals surface area (Å²) in [6.45, 7) is 2.63. The molecule has 144 valence electrons. The van der Waals surface area contributed by atoms with Crippen molar-refractivity contribution in [2.45, 2.75) is 6.92 Å². The van der Waals surface area contributed by atoms with E-state index in [1.807, 2.05) is 61.5 Å². The standard InChI is InChI=1S/C21H22N4O3/c1-15-3-7-17(8-4-15)23-21(26)22-13-14-28-20-12-11-19(24-25-20)16-5-9-18(27-2)10-6-16/h3-12H,13-14H2,1-2H3,(H2,22,23,26). The molecule has 7 nitrogen and oxygen atoms in total. The van der Waals surface area contributed by atoms with Crippen molar-refractivity contribution in [3.8, 4) is 22.9 Å². The fourth-order valence-corrected chi connectivity index (χ4v) is 2.45. The Kier molecular flexibility index (Phi) is 6.41. The second-order valence-electron chi connectivity index (χ2n) is 6.08. The summed E-state index contributed by atoms with van der Waals surface area (Å²) in [4.78, 5) is 11.8. The summed E-state index contributed by atoms with van der Waals surface area (Å²) in [5.74, 6) is 1.19. The highest BCUT2D eigenvalue weighted by atomic mass is 16.5. The van der Waals surface area contributed by atoms with Crippen LogP contribution in [-0.2, 0) is 0 Å². The molecule has 2 aromatic carbocycles. The maximum Gasteiger partial charge on any atom is 0.319 e. The molecular formula is C21H22N4O3. The van der Waals surface area contributed by atoms with E-state index in [-0.39, 0.29) is 12.6 Å². The Bertz CT molecular complexity index is 894. The Balaban J connectivity index is 1.42. The molecule has 0 saturated heterocycles. The highest BCUT2D eigenvalue weighted by molar-refractivity contribution is 5.89. The largest absolute Gasteiger partial charge is 0.497 e. The van der Waals surface area contributed by atoms with Gasteiger partial charge in [0.05, 0.1) is 19.3 Å². The van der Waals surface area contributed by atoms with E-state index in [2.05, 4.69) is 20.8 Å². The number of aromatic nitrogens is 2. The second kappa shape index (κ2) is 9.36. The average Bonchev–Trinajstić information content (AvgIpc) is 2.73. The minimum Gasteiger partial charge on any atom is -0.497 e. The van der Waals surface area contributed by atoms with Crippen LogP contribution in [0.3, 0.4) is 0 Å². The number of carbonyl (C=O) groups excluding carboxylic acids is 1. The fraction of sp³-hybridized carbons (Fsp3) is 0.190. The number of hydrogen-bond donors (Lipinski definition) is 2. The molecule has 28 heavy (non-hydrogen) atoms. The van der Waals surface area contributed by atoms with Crippen molar-refractivity contribution < 1.29 is 14.3 Å². The highest BCUT2D eigenvalue weighted by Gasteiger charge is 2.04. The lowest BCUT2D eigenvalue weighted by Gasteiger charge is -2.09. The molecule has 0 unspecified atom stereocenters. The zero-order valence-corrected chi connectivity index (χ0v) is 15.8. The van der Waals surface area contributed by atoms with Gasteiger partial charge in [0, 0.05) is 17.3 Å². The first-order valence-electron chi connectivity index (χ1n) is 8.86. The molecule has 0 radical (unpaired) electrons. The van der Waals surface area contributed by atoms with Gasteiger partial charge in [-0.15, -0.1) is 10.2 Å². The number of methoxy groups -OCH3 is 1. The predicted octanol–water partition coefficient (Wildman–Crippen LogP) is 3.66. The lowest BCUT2D eigenvalue weighted by molar-refractivity contribution is 0.246. The quantitative estimate of drug-likeness (QED) is 0.613. The molecule has 7 heteroatoms. The maximum atomic E-state index is 11.8. The van der Waals surface area contributed by atoms with Gasteiger partial charge < -0.3 is 20.1 Å². The number of aryl methyl sites for hydroxylation is 1. The van der Waals surface area contributed by atoms with Crippen molar-refractivity contribution in [2.75, 3.05) is 25.6 Å². The molecule has 3 rings (SSSR count). The van der Waals surface area contributed by atoms with E-state index in [4.69, 9.17) is 9.47 Å². The maximum absolute atomic E-state index is 11.8. The Morgan fingerprint density at radius 3 is 2.36 bits per heavy atom. The van der Waals surface area contributed by atoms with E-state index in [1.54, 1.807) is 13.2 Å². The smallest absolute Gasteiger partial charge is 0.319 e. The molecule has 3 aromatic rings. The van der Waals surface area contributed by atoms with Crippen LogP contribution in [0, 0.1) is 6.92 Å². The molecule has 1 heterocycles. The predicted molar refractivity (Wildman–Crippen MR) is 108 cm³/mol. The summed E-state index contributed by atoms with van der Waals surface area (Å²) < 4.78 is 10.7. The Hall–Kier alpha value is -3.61. The zero-order valence-electron chi connectivity index (χ0n) is 15.8. The van der Waals surface area contributed by atoms with Gasteiger partial charge in [0.1, 0.15) is 12.4 Å². The number of urea groups is 1. The van der Waals surface area contributed by atoms with Crippen molar-refractivity contribution in [2.24, 2.45) is 0 Å². The third kappa shape index (κ3) is 5.44. The van der Waals surface area contributed by atoms with Crippen molar-refractivity contribution in [1.29, 1.82) is 0 Å². The molecule has 0 aliphatic heterocycles. The first-order chi connectivity index (χ1) is 13.6. The number of carbonyl (C=O) groups is 1. The number of benzene rings is 2. The van der Waals surface area contributed by atoms with Crippen molar-refractivity contribution in [3.63, 3.8) is 0 Å². The SMILES string of the molecule is COc1ccc(-c2ccc(OCCNC(=O)Nc3ccc(C)cc3)nn2)cc1. The number of anilines is 1. The minimum absolute atomic E-state index is 0.284. The van der Waals surface area contributed by atoms with Crippen LogP contribution < -0.4 is 20.1 Å². The Morgan fingerprint density at radius 2 is 1.71 bits per heavy atom. The van der Waals surface area contributed by atoms with Crippen molar-refractivity contribution >= 4 is 11.7 Å².